The summed E-state index contributed by atoms with van der Waals surface area (Å²) in [7, 11) is 0. The van der Waals surface area contributed by atoms with Crippen molar-refractivity contribution in [1.82, 2.24) is 4.98 Å². The number of carbonyl (C=O) groups is 1. The maximum absolute atomic E-state index is 11.0. The summed E-state index contributed by atoms with van der Waals surface area (Å²) in [4.78, 5) is 17.0. The lowest BCUT2D eigenvalue weighted by atomic mass is 10.2. The zero-order chi connectivity index (χ0) is 13.0. The largest absolute Gasteiger partial charge is 0.480 e. The second-order valence-electron chi connectivity index (χ2n) is 4.45. The third kappa shape index (κ3) is 2.77. The number of nitriles is 1. The van der Waals surface area contributed by atoms with Gasteiger partial charge in [-0.15, -0.1) is 0 Å². The van der Waals surface area contributed by atoms with E-state index >= 15 is 0 Å². The summed E-state index contributed by atoms with van der Waals surface area (Å²) < 4.78 is 0. The molecule has 0 radical (unpaired) electrons. The van der Waals surface area contributed by atoms with Crippen LogP contribution in [0.2, 0.25) is 0 Å². The van der Waals surface area contributed by atoms with Gasteiger partial charge in [0.05, 0.1) is 0 Å². The van der Waals surface area contributed by atoms with Crippen molar-refractivity contribution in [2.24, 2.45) is 0 Å². The third-order valence-corrected chi connectivity index (χ3v) is 3.21. The average molecular weight is 245 g/mol. The van der Waals surface area contributed by atoms with Gasteiger partial charge in [-0.1, -0.05) is 18.9 Å². The maximum Gasteiger partial charge on any atom is 0.323 e. The second-order valence-corrected chi connectivity index (χ2v) is 4.45. The molecule has 94 valence electrons. The zero-order valence-electron chi connectivity index (χ0n) is 10.0. The summed E-state index contributed by atoms with van der Waals surface area (Å²) in [6.45, 7) is -0.0629. The van der Waals surface area contributed by atoms with E-state index in [0.717, 1.165) is 25.7 Å². The van der Waals surface area contributed by atoms with Crippen LogP contribution in [0, 0.1) is 11.3 Å². The van der Waals surface area contributed by atoms with Gasteiger partial charge in [0, 0.05) is 6.04 Å². The first-order valence-electron chi connectivity index (χ1n) is 6.06. The van der Waals surface area contributed by atoms with Crippen LogP contribution in [-0.2, 0) is 4.79 Å². The summed E-state index contributed by atoms with van der Waals surface area (Å²) in [5.41, 5.74) is 0.320. The van der Waals surface area contributed by atoms with Crippen LogP contribution in [0.25, 0.3) is 0 Å². The molecule has 0 unspecified atom stereocenters. The maximum atomic E-state index is 11.0. The lowest BCUT2D eigenvalue weighted by Crippen LogP contribution is -2.38. The van der Waals surface area contributed by atoms with Crippen LogP contribution >= 0.6 is 0 Å². The van der Waals surface area contributed by atoms with Crippen molar-refractivity contribution in [3.8, 4) is 6.07 Å². The SMILES string of the molecule is N#Cc1cccc(N(CC(=O)O)C2CCCC2)n1. The van der Waals surface area contributed by atoms with Gasteiger partial charge in [0.15, 0.2) is 0 Å². The predicted octanol–water partition coefficient (Wildman–Crippen LogP) is 1.79. The highest BCUT2D eigenvalue weighted by Gasteiger charge is 2.25. The van der Waals surface area contributed by atoms with Gasteiger partial charge in [-0.25, -0.2) is 4.98 Å². The Bertz CT molecular complexity index is 475. The molecular formula is C13H15N3O2. The number of nitrogens with zero attached hydrogens (tertiary/aromatic N) is 3. The molecule has 0 aromatic carbocycles. The number of rotatable bonds is 4. The monoisotopic (exact) mass is 245 g/mol. The third-order valence-electron chi connectivity index (χ3n) is 3.21. The van der Waals surface area contributed by atoms with E-state index in [9.17, 15) is 4.79 Å². The molecule has 0 amide bonds. The minimum atomic E-state index is -0.869. The van der Waals surface area contributed by atoms with E-state index < -0.39 is 5.97 Å². The van der Waals surface area contributed by atoms with E-state index in [4.69, 9.17) is 10.4 Å². The van der Waals surface area contributed by atoms with Gasteiger partial charge in [0.1, 0.15) is 24.1 Å². The van der Waals surface area contributed by atoms with Gasteiger partial charge >= 0.3 is 5.97 Å². The van der Waals surface area contributed by atoms with Gasteiger partial charge in [-0.3, -0.25) is 4.79 Å². The Labute approximate surface area is 106 Å². The molecular weight excluding hydrogens is 230 g/mol. The fraction of sp³-hybridized carbons (Fsp3) is 0.462. The summed E-state index contributed by atoms with van der Waals surface area (Å²) in [5.74, 6) is -0.283. The Kier molecular flexibility index (Phi) is 3.78. The van der Waals surface area contributed by atoms with Crippen molar-refractivity contribution in [1.29, 1.82) is 5.26 Å². The molecule has 5 nitrogen and oxygen atoms in total. The van der Waals surface area contributed by atoms with Gasteiger partial charge in [0.2, 0.25) is 0 Å². The van der Waals surface area contributed by atoms with Crippen molar-refractivity contribution in [2.75, 3.05) is 11.4 Å². The minimum absolute atomic E-state index is 0.0629. The van der Waals surface area contributed by atoms with Crippen LogP contribution in [0.1, 0.15) is 31.4 Å². The number of carboxylic acids is 1. The van der Waals surface area contributed by atoms with E-state index in [2.05, 4.69) is 4.98 Å². The van der Waals surface area contributed by atoms with E-state index in [1.807, 2.05) is 6.07 Å². The standard InChI is InChI=1S/C13H15N3O2/c14-8-10-4-3-7-12(15-10)16(9-13(17)18)11-5-1-2-6-11/h3-4,7,11H,1-2,5-6,9H2,(H,17,18). The van der Waals surface area contributed by atoms with E-state index in [1.54, 1.807) is 23.1 Å². The highest BCUT2D eigenvalue weighted by atomic mass is 16.4. The fourth-order valence-corrected chi connectivity index (χ4v) is 2.40. The van der Waals surface area contributed by atoms with Gasteiger partial charge < -0.3 is 10.0 Å². The van der Waals surface area contributed by atoms with Gasteiger partial charge in [0.25, 0.3) is 0 Å². The van der Waals surface area contributed by atoms with Crippen molar-refractivity contribution in [3.63, 3.8) is 0 Å². The number of anilines is 1. The molecule has 0 aliphatic heterocycles. The van der Waals surface area contributed by atoms with Crippen molar-refractivity contribution in [2.45, 2.75) is 31.7 Å². The van der Waals surface area contributed by atoms with E-state index in [0.29, 0.717) is 11.5 Å². The highest BCUT2D eigenvalue weighted by molar-refractivity contribution is 5.73. The molecule has 1 N–H and O–H groups in total. The lowest BCUT2D eigenvalue weighted by molar-refractivity contribution is -0.135. The van der Waals surface area contributed by atoms with Crippen LogP contribution in [-0.4, -0.2) is 28.6 Å². The molecule has 1 heterocycles. The Morgan fingerprint density at radius 2 is 2.22 bits per heavy atom. The van der Waals surface area contributed by atoms with Gasteiger partial charge in [-0.05, 0) is 25.0 Å². The summed E-state index contributed by atoms with van der Waals surface area (Å²) in [6, 6.07) is 7.33. The molecule has 2 rings (SSSR count). The van der Waals surface area contributed by atoms with Crippen LogP contribution < -0.4 is 4.90 Å². The summed E-state index contributed by atoms with van der Waals surface area (Å²) in [5, 5.41) is 17.8. The zero-order valence-corrected chi connectivity index (χ0v) is 10.0. The molecule has 18 heavy (non-hydrogen) atoms. The molecule has 0 saturated heterocycles. The average Bonchev–Trinajstić information content (AvgIpc) is 2.89. The summed E-state index contributed by atoms with van der Waals surface area (Å²) >= 11 is 0. The topological polar surface area (TPSA) is 77.2 Å². The number of hydrogen-bond acceptors (Lipinski definition) is 4. The van der Waals surface area contributed by atoms with Crippen LogP contribution in [0.4, 0.5) is 5.82 Å². The van der Waals surface area contributed by atoms with Crippen LogP contribution in [0.15, 0.2) is 18.2 Å². The molecule has 0 spiro atoms. The van der Waals surface area contributed by atoms with E-state index in [-0.39, 0.29) is 12.6 Å². The Balaban J connectivity index is 2.26. The molecule has 0 bridgehead atoms. The quantitative estimate of drug-likeness (QED) is 0.875. The predicted molar refractivity (Wildman–Crippen MR) is 66.2 cm³/mol. The first kappa shape index (κ1) is 12.4. The normalized spacial score (nSPS) is 15.3. The molecule has 5 heteroatoms. The molecule has 1 fully saturated rings. The van der Waals surface area contributed by atoms with E-state index in [1.165, 1.54) is 0 Å². The smallest absolute Gasteiger partial charge is 0.323 e. The lowest BCUT2D eigenvalue weighted by Gasteiger charge is -2.28. The van der Waals surface area contributed by atoms with Crippen molar-refractivity contribution >= 4 is 11.8 Å². The Morgan fingerprint density at radius 1 is 1.50 bits per heavy atom. The fourth-order valence-electron chi connectivity index (χ4n) is 2.40. The Hall–Kier alpha value is -2.09. The molecule has 0 atom stereocenters. The molecule has 1 aromatic rings. The first-order valence-corrected chi connectivity index (χ1v) is 6.06. The molecule has 1 aliphatic rings. The highest BCUT2D eigenvalue weighted by Crippen LogP contribution is 2.27. The molecule has 1 aliphatic carbocycles. The summed E-state index contributed by atoms with van der Waals surface area (Å²) in [6.07, 6.45) is 4.23. The molecule has 1 aromatic heterocycles. The Morgan fingerprint density at radius 3 is 2.83 bits per heavy atom. The van der Waals surface area contributed by atoms with Gasteiger partial charge in [-0.2, -0.15) is 5.26 Å². The number of aliphatic carboxylic acids is 1. The van der Waals surface area contributed by atoms with Crippen LogP contribution in [0.5, 0.6) is 0 Å². The second kappa shape index (κ2) is 5.50. The number of hydrogen-bond donors (Lipinski definition) is 1. The minimum Gasteiger partial charge on any atom is -0.480 e. The van der Waals surface area contributed by atoms with Crippen LogP contribution in [0.3, 0.4) is 0 Å². The molecule has 1 saturated carbocycles. The van der Waals surface area contributed by atoms with Crippen molar-refractivity contribution in [3.05, 3.63) is 23.9 Å². The number of pyridine rings is 1. The first-order chi connectivity index (χ1) is 8.70. The van der Waals surface area contributed by atoms with Crippen molar-refractivity contribution < 1.29 is 9.90 Å². The number of carboxylic acid groups (broad SMARTS) is 1. The number of aromatic nitrogens is 1.